The fourth-order valence-corrected chi connectivity index (χ4v) is 1.13. The highest BCUT2D eigenvalue weighted by Crippen LogP contribution is 2.18. The molecule has 0 atom stereocenters. The molecule has 0 N–H and O–H groups in total. The number of rotatable bonds is 2. The summed E-state index contributed by atoms with van der Waals surface area (Å²) in [5.41, 5.74) is 1.55. The minimum Gasteiger partial charge on any atom is -0.265 e. The van der Waals surface area contributed by atoms with Crippen LogP contribution in [0.5, 0.6) is 0 Å². The van der Waals surface area contributed by atoms with Gasteiger partial charge in [0.15, 0.2) is 0 Å². The molecule has 0 aromatic heterocycles. The molecule has 11 heavy (non-hydrogen) atoms. The molecule has 0 aliphatic rings. The van der Waals surface area contributed by atoms with Crippen LogP contribution in [0.1, 0.15) is 34.1 Å². The molecule has 64 valence electrons. The molecule has 0 amide bonds. The largest absolute Gasteiger partial charge is 0.265 e. The second-order valence-electron chi connectivity index (χ2n) is 3.88. The summed E-state index contributed by atoms with van der Waals surface area (Å²) in [5, 5.41) is 0. The van der Waals surface area contributed by atoms with Crippen molar-refractivity contribution in [3.05, 3.63) is 10.3 Å². The average Bonchev–Trinajstić information content (AvgIpc) is 1.79. The van der Waals surface area contributed by atoms with Crippen LogP contribution in [0.25, 0.3) is 0 Å². The van der Waals surface area contributed by atoms with Crippen LogP contribution in [-0.4, -0.2) is 5.71 Å². The van der Waals surface area contributed by atoms with Gasteiger partial charge in [0.1, 0.15) is 0 Å². The van der Waals surface area contributed by atoms with Crippen molar-refractivity contribution in [2.75, 3.05) is 0 Å². The van der Waals surface area contributed by atoms with E-state index in [0.29, 0.717) is 5.41 Å². The summed E-state index contributed by atoms with van der Waals surface area (Å²) in [7, 11) is 0. The van der Waals surface area contributed by atoms with Gasteiger partial charge < -0.3 is 0 Å². The standard InChI is InChI=1S/C9H16IN/c1-8(11-6-5-10)7-9(2,3)4/h5-6H,7H2,1-4H3/b6-5-,11-8-. The lowest BCUT2D eigenvalue weighted by Crippen LogP contribution is -2.09. The van der Waals surface area contributed by atoms with Crippen LogP contribution in [0.3, 0.4) is 0 Å². The van der Waals surface area contributed by atoms with Gasteiger partial charge >= 0.3 is 0 Å². The zero-order valence-corrected chi connectivity index (χ0v) is 9.84. The van der Waals surface area contributed by atoms with E-state index in [1.54, 1.807) is 0 Å². The first-order chi connectivity index (χ1) is 4.95. The van der Waals surface area contributed by atoms with Crippen molar-refractivity contribution in [3.63, 3.8) is 0 Å². The molecular formula is C9H16IN. The van der Waals surface area contributed by atoms with Crippen LogP contribution in [0.4, 0.5) is 0 Å². The minimum atomic E-state index is 0.354. The quantitative estimate of drug-likeness (QED) is 0.532. The molecule has 0 rings (SSSR count). The van der Waals surface area contributed by atoms with Gasteiger partial charge in [-0.15, -0.1) is 0 Å². The van der Waals surface area contributed by atoms with Gasteiger partial charge in [-0.2, -0.15) is 0 Å². The smallest absolute Gasteiger partial charge is 0.0327 e. The SMILES string of the molecule is C/C(CC(C)(C)C)=N/C=C\I. The van der Waals surface area contributed by atoms with Crippen molar-refractivity contribution in [2.24, 2.45) is 10.4 Å². The van der Waals surface area contributed by atoms with Gasteiger partial charge in [0.2, 0.25) is 0 Å². The molecule has 2 heteroatoms. The highest BCUT2D eigenvalue weighted by Gasteiger charge is 2.10. The van der Waals surface area contributed by atoms with Crippen LogP contribution >= 0.6 is 22.6 Å². The van der Waals surface area contributed by atoms with Crippen molar-refractivity contribution >= 4 is 28.3 Å². The molecule has 0 saturated carbocycles. The number of hydrogen-bond acceptors (Lipinski definition) is 1. The van der Waals surface area contributed by atoms with Gasteiger partial charge in [-0.05, 0) is 22.8 Å². The van der Waals surface area contributed by atoms with Gasteiger partial charge in [-0.3, -0.25) is 4.99 Å². The molecule has 0 aromatic rings. The van der Waals surface area contributed by atoms with Crippen molar-refractivity contribution in [1.29, 1.82) is 0 Å². The molecule has 0 heterocycles. The van der Waals surface area contributed by atoms with E-state index in [9.17, 15) is 0 Å². The Hall–Kier alpha value is 0.140. The van der Waals surface area contributed by atoms with Crippen LogP contribution < -0.4 is 0 Å². The Balaban J connectivity index is 3.96. The lowest BCUT2D eigenvalue weighted by Gasteiger charge is -2.16. The summed E-state index contributed by atoms with van der Waals surface area (Å²) in [6, 6.07) is 0. The maximum atomic E-state index is 4.26. The minimum absolute atomic E-state index is 0.354. The predicted octanol–water partition coefficient (Wildman–Crippen LogP) is 3.79. The van der Waals surface area contributed by atoms with E-state index in [-0.39, 0.29) is 0 Å². The van der Waals surface area contributed by atoms with Crippen LogP contribution in [-0.2, 0) is 0 Å². The first kappa shape index (κ1) is 11.1. The van der Waals surface area contributed by atoms with E-state index in [2.05, 4.69) is 55.3 Å². The fourth-order valence-electron chi connectivity index (χ4n) is 0.969. The van der Waals surface area contributed by atoms with Gasteiger partial charge in [0.25, 0.3) is 0 Å². The van der Waals surface area contributed by atoms with Gasteiger partial charge in [-0.1, -0.05) is 43.4 Å². The first-order valence-corrected chi connectivity index (χ1v) is 4.99. The molecule has 0 bridgehead atoms. The van der Waals surface area contributed by atoms with Crippen LogP contribution in [0.15, 0.2) is 15.3 Å². The fraction of sp³-hybridized carbons (Fsp3) is 0.667. The Bertz CT molecular complexity index is 163. The Labute approximate surface area is 83.1 Å². The number of halogens is 1. The molecule has 0 spiro atoms. The van der Waals surface area contributed by atoms with Gasteiger partial charge in [0, 0.05) is 11.9 Å². The third-order valence-electron chi connectivity index (χ3n) is 1.14. The second kappa shape index (κ2) is 4.91. The van der Waals surface area contributed by atoms with E-state index in [0.717, 1.165) is 6.42 Å². The maximum Gasteiger partial charge on any atom is 0.0327 e. The monoisotopic (exact) mass is 265 g/mol. The molecule has 0 radical (unpaired) electrons. The van der Waals surface area contributed by atoms with E-state index in [1.807, 2.05) is 10.3 Å². The molecule has 0 saturated heterocycles. The number of aliphatic imine (C=N–C) groups is 1. The van der Waals surface area contributed by atoms with Gasteiger partial charge in [-0.25, -0.2) is 0 Å². The molecule has 0 unspecified atom stereocenters. The lowest BCUT2D eigenvalue weighted by molar-refractivity contribution is 0.433. The summed E-state index contributed by atoms with van der Waals surface area (Å²) >= 11 is 2.17. The van der Waals surface area contributed by atoms with E-state index < -0.39 is 0 Å². The summed E-state index contributed by atoms with van der Waals surface area (Å²) in [4.78, 5) is 4.26. The highest BCUT2D eigenvalue weighted by molar-refractivity contribution is 14.1. The van der Waals surface area contributed by atoms with Crippen molar-refractivity contribution in [1.82, 2.24) is 0 Å². The molecule has 0 fully saturated rings. The summed E-state index contributed by atoms with van der Waals surface area (Å²) in [5.74, 6) is 0. The van der Waals surface area contributed by atoms with Gasteiger partial charge in [0.05, 0.1) is 0 Å². The average molecular weight is 265 g/mol. The van der Waals surface area contributed by atoms with E-state index >= 15 is 0 Å². The Morgan fingerprint density at radius 3 is 2.36 bits per heavy atom. The normalized spacial score (nSPS) is 14.5. The lowest BCUT2D eigenvalue weighted by atomic mass is 9.90. The molecule has 1 nitrogen and oxygen atoms in total. The summed E-state index contributed by atoms with van der Waals surface area (Å²) < 4.78 is 1.92. The van der Waals surface area contributed by atoms with Crippen LogP contribution in [0.2, 0.25) is 0 Å². The molecule has 0 aliphatic carbocycles. The summed E-state index contributed by atoms with van der Waals surface area (Å²) in [6.45, 7) is 8.74. The Morgan fingerprint density at radius 1 is 1.45 bits per heavy atom. The second-order valence-corrected chi connectivity index (χ2v) is 4.60. The van der Waals surface area contributed by atoms with Crippen molar-refractivity contribution in [2.45, 2.75) is 34.1 Å². The van der Waals surface area contributed by atoms with Crippen molar-refractivity contribution in [3.8, 4) is 0 Å². The number of nitrogens with zero attached hydrogens (tertiary/aromatic N) is 1. The summed E-state index contributed by atoms with van der Waals surface area (Å²) in [6.07, 6.45) is 2.90. The topological polar surface area (TPSA) is 12.4 Å². The van der Waals surface area contributed by atoms with E-state index in [1.165, 1.54) is 5.71 Å². The first-order valence-electron chi connectivity index (χ1n) is 3.74. The molecular weight excluding hydrogens is 249 g/mol. The predicted molar refractivity (Wildman–Crippen MR) is 60.3 cm³/mol. The third kappa shape index (κ3) is 8.04. The zero-order chi connectivity index (χ0) is 8.91. The third-order valence-corrected chi connectivity index (χ3v) is 1.46. The highest BCUT2D eigenvalue weighted by atomic mass is 127. The number of hydrogen-bond donors (Lipinski definition) is 0. The zero-order valence-electron chi connectivity index (χ0n) is 7.69. The maximum absolute atomic E-state index is 4.26. The van der Waals surface area contributed by atoms with E-state index in [4.69, 9.17) is 0 Å². The molecule has 0 aromatic carbocycles. The molecule has 0 aliphatic heterocycles. The Kier molecular flexibility index (Phi) is 4.97. The van der Waals surface area contributed by atoms with Crippen LogP contribution in [0, 0.1) is 5.41 Å². The Morgan fingerprint density at radius 2 is 2.00 bits per heavy atom. The van der Waals surface area contributed by atoms with Crippen molar-refractivity contribution < 1.29 is 0 Å².